The SMILES string of the molecule is COC(=O)/C(=C\c1ccc2c(c1)OCO2)[C@H](Cc1cc(OC)c2c(c1)OCO2)C(=O)OC. The van der Waals surface area contributed by atoms with E-state index in [1.807, 2.05) is 0 Å². The molecule has 9 heteroatoms. The van der Waals surface area contributed by atoms with Crippen molar-refractivity contribution in [3.63, 3.8) is 0 Å². The lowest BCUT2D eigenvalue weighted by molar-refractivity contribution is -0.147. The van der Waals surface area contributed by atoms with Crippen LogP contribution in [0.5, 0.6) is 28.7 Å². The second kappa shape index (κ2) is 9.09. The fourth-order valence-corrected chi connectivity index (χ4v) is 3.60. The van der Waals surface area contributed by atoms with Crippen LogP contribution in [0.15, 0.2) is 35.9 Å². The van der Waals surface area contributed by atoms with Crippen LogP contribution in [0, 0.1) is 5.92 Å². The highest BCUT2D eigenvalue weighted by molar-refractivity contribution is 6.00. The van der Waals surface area contributed by atoms with Crippen molar-refractivity contribution in [2.24, 2.45) is 5.92 Å². The summed E-state index contributed by atoms with van der Waals surface area (Å²) in [6.07, 6.45) is 1.73. The Bertz CT molecular complexity index is 1070. The van der Waals surface area contributed by atoms with Crippen LogP contribution in [0.1, 0.15) is 11.1 Å². The maximum absolute atomic E-state index is 12.7. The highest BCUT2D eigenvalue weighted by atomic mass is 16.7. The number of carbonyl (C=O) groups excluding carboxylic acids is 2. The Morgan fingerprint density at radius 3 is 2.44 bits per heavy atom. The lowest BCUT2D eigenvalue weighted by Crippen LogP contribution is -2.26. The first-order valence-corrected chi connectivity index (χ1v) is 9.78. The second-order valence-corrected chi connectivity index (χ2v) is 7.02. The van der Waals surface area contributed by atoms with E-state index in [1.54, 1.807) is 36.4 Å². The number of methoxy groups -OCH3 is 3. The van der Waals surface area contributed by atoms with Crippen LogP contribution >= 0.6 is 0 Å². The van der Waals surface area contributed by atoms with Gasteiger partial charge in [0.05, 0.1) is 32.8 Å². The molecule has 0 spiro atoms. The summed E-state index contributed by atoms with van der Waals surface area (Å²) in [6, 6.07) is 8.70. The fourth-order valence-electron chi connectivity index (χ4n) is 3.60. The zero-order chi connectivity index (χ0) is 22.7. The predicted octanol–water partition coefficient (Wildman–Crippen LogP) is 2.74. The number of ether oxygens (including phenoxy) is 7. The molecule has 2 heterocycles. The Kier molecular flexibility index (Phi) is 6.07. The highest BCUT2D eigenvalue weighted by Gasteiger charge is 2.31. The molecule has 0 aliphatic carbocycles. The van der Waals surface area contributed by atoms with Crippen LogP contribution in [0.4, 0.5) is 0 Å². The molecule has 2 aromatic carbocycles. The summed E-state index contributed by atoms with van der Waals surface area (Å²) in [5.41, 5.74) is 1.48. The molecule has 0 amide bonds. The Balaban J connectivity index is 1.72. The minimum Gasteiger partial charge on any atom is -0.493 e. The first-order chi connectivity index (χ1) is 15.5. The number of hydrogen-bond donors (Lipinski definition) is 0. The van der Waals surface area contributed by atoms with Crippen molar-refractivity contribution in [1.82, 2.24) is 0 Å². The summed E-state index contributed by atoms with van der Waals surface area (Å²) in [5.74, 6) is 0.458. The summed E-state index contributed by atoms with van der Waals surface area (Å²) in [5, 5.41) is 0. The summed E-state index contributed by atoms with van der Waals surface area (Å²) >= 11 is 0. The fraction of sp³-hybridized carbons (Fsp3) is 0.304. The van der Waals surface area contributed by atoms with E-state index < -0.39 is 17.9 Å². The number of hydrogen-bond acceptors (Lipinski definition) is 9. The normalized spacial score (nSPS) is 14.7. The van der Waals surface area contributed by atoms with Crippen LogP contribution in [0.25, 0.3) is 6.08 Å². The monoisotopic (exact) mass is 442 g/mol. The van der Waals surface area contributed by atoms with Gasteiger partial charge in [0.25, 0.3) is 0 Å². The molecule has 0 unspecified atom stereocenters. The van der Waals surface area contributed by atoms with Crippen LogP contribution in [-0.2, 0) is 25.5 Å². The van der Waals surface area contributed by atoms with E-state index in [0.29, 0.717) is 39.9 Å². The molecule has 1 atom stereocenters. The van der Waals surface area contributed by atoms with Crippen molar-refractivity contribution in [1.29, 1.82) is 0 Å². The van der Waals surface area contributed by atoms with Gasteiger partial charge in [-0.3, -0.25) is 4.79 Å². The molecule has 0 saturated heterocycles. The topological polar surface area (TPSA) is 98.8 Å². The van der Waals surface area contributed by atoms with Crippen molar-refractivity contribution < 1.29 is 42.7 Å². The summed E-state index contributed by atoms with van der Waals surface area (Å²) in [4.78, 5) is 25.4. The molecule has 0 bridgehead atoms. The smallest absolute Gasteiger partial charge is 0.334 e. The van der Waals surface area contributed by atoms with E-state index in [4.69, 9.17) is 33.2 Å². The van der Waals surface area contributed by atoms with Gasteiger partial charge in [-0.1, -0.05) is 6.07 Å². The molecule has 2 aliphatic rings. The molecule has 0 aromatic heterocycles. The number of rotatable bonds is 7. The largest absolute Gasteiger partial charge is 0.493 e. The first kappa shape index (κ1) is 21.4. The average Bonchev–Trinajstić information content (AvgIpc) is 3.48. The van der Waals surface area contributed by atoms with Gasteiger partial charge in [0.2, 0.25) is 19.3 Å². The van der Waals surface area contributed by atoms with E-state index in [-0.39, 0.29) is 25.6 Å². The number of benzene rings is 2. The summed E-state index contributed by atoms with van der Waals surface area (Å²) in [6.45, 7) is 0.204. The zero-order valence-electron chi connectivity index (χ0n) is 17.8. The molecule has 0 N–H and O–H groups in total. The highest BCUT2D eigenvalue weighted by Crippen LogP contribution is 2.42. The molecular weight excluding hydrogens is 420 g/mol. The van der Waals surface area contributed by atoms with E-state index in [1.165, 1.54) is 21.3 Å². The van der Waals surface area contributed by atoms with Crippen molar-refractivity contribution in [3.8, 4) is 28.7 Å². The van der Waals surface area contributed by atoms with E-state index >= 15 is 0 Å². The maximum Gasteiger partial charge on any atom is 0.334 e. The third-order valence-corrected chi connectivity index (χ3v) is 5.16. The molecule has 2 aromatic rings. The average molecular weight is 442 g/mol. The molecule has 2 aliphatic heterocycles. The van der Waals surface area contributed by atoms with Crippen molar-refractivity contribution in [2.45, 2.75) is 6.42 Å². The van der Waals surface area contributed by atoms with Crippen molar-refractivity contribution in [2.75, 3.05) is 34.9 Å². The molecule has 9 nitrogen and oxygen atoms in total. The minimum atomic E-state index is -0.942. The zero-order valence-corrected chi connectivity index (χ0v) is 17.8. The van der Waals surface area contributed by atoms with Gasteiger partial charge in [-0.25, -0.2) is 4.79 Å². The third-order valence-electron chi connectivity index (χ3n) is 5.16. The van der Waals surface area contributed by atoms with Gasteiger partial charge in [0.1, 0.15) is 0 Å². The lowest BCUT2D eigenvalue weighted by Gasteiger charge is -2.18. The van der Waals surface area contributed by atoms with Gasteiger partial charge in [-0.15, -0.1) is 0 Å². The van der Waals surface area contributed by atoms with E-state index in [9.17, 15) is 9.59 Å². The Morgan fingerprint density at radius 1 is 0.938 bits per heavy atom. The lowest BCUT2D eigenvalue weighted by atomic mass is 9.90. The minimum absolute atomic E-state index is 0.0764. The molecule has 168 valence electrons. The van der Waals surface area contributed by atoms with Gasteiger partial charge in [0, 0.05) is 0 Å². The van der Waals surface area contributed by atoms with Crippen LogP contribution in [0.3, 0.4) is 0 Å². The van der Waals surface area contributed by atoms with Gasteiger partial charge >= 0.3 is 11.9 Å². The summed E-state index contributed by atoms with van der Waals surface area (Å²) < 4.78 is 37.0. The van der Waals surface area contributed by atoms with Gasteiger partial charge in [-0.05, 0) is 47.9 Å². The standard InChI is InChI=1S/C23H22O9/c1-26-19-9-14(10-20-21(19)32-12-31-20)7-16(23(25)28-3)15(22(24)27-2)6-13-4-5-17-18(8-13)30-11-29-17/h4-6,8-10,16H,7,11-12H2,1-3H3/b15-6-/t16-/m0/s1. The van der Waals surface area contributed by atoms with Crippen molar-refractivity contribution >= 4 is 18.0 Å². The van der Waals surface area contributed by atoms with Crippen LogP contribution in [0.2, 0.25) is 0 Å². The molecule has 4 rings (SSSR count). The van der Waals surface area contributed by atoms with E-state index in [2.05, 4.69) is 0 Å². The molecule has 0 radical (unpaired) electrons. The van der Waals surface area contributed by atoms with Crippen LogP contribution < -0.4 is 23.7 Å². The molecule has 32 heavy (non-hydrogen) atoms. The second-order valence-electron chi connectivity index (χ2n) is 7.02. The van der Waals surface area contributed by atoms with E-state index in [0.717, 1.165) is 0 Å². The summed E-state index contributed by atoms with van der Waals surface area (Å²) in [7, 11) is 4.04. The third kappa shape index (κ3) is 4.14. The molecular formula is C23H22O9. The Hall–Kier alpha value is -3.88. The Labute approximate surface area is 184 Å². The molecule has 0 fully saturated rings. The number of esters is 2. The first-order valence-electron chi connectivity index (χ1n) is 9.78. The number of fused-ring (bicyclic) bond motifs is 2. The van der Waals surface area contributed by atoms with Crippen molar-refractivity contribution in [3.05, 3.63) is 47.0 Å². The number of carbonyl (C=O) groups is 2. The Morgan fingerprint density at radius 2 is 1.69 bits per heavy atom. The van der Waals surface area contributed by atoms with Crippen LogP contribution in [-0.4, -0.2) is 46.9 Å². The van der Waals surface area contributed by atoms with Gasteiger partial charge in [0.15, 0.2) is 23.0 Å². The van der Waals surface area contributed by atoms with Gasteiger partial charge in [-0.2, -0.15) is 0 Å². The molecule has 0 saturated carbocycles. The maximum atomic E-state index is 12.7. The van der Waals surface area contributed by atoms with Gasteiger partial charge < -0.3 is 33.2 Å². The predicted molar refractivity (Wildman–Crippen MR) is 111 cm³/mol. The quantitative estimate of drug-likeness (QED) is 0.473.